The lowest BCUT2D eigenvalue weighted by Crippen LogP contribution is -2.17. The Hall–Kier alpha value is -1.23. The minimum atomic E-state index is -2.88. The molecule has 0 spiro atoms. The monoisotopic (exact) mass is 231 g/mol. The zero-order valence-electron chi connectivity index (χ0n) is 8.55. The maximum Gasteiger partial charge on any atom is 0.387 e. The SMILES string of the molecule is Fc1ccc(OC(F)F)c(CNC2CC2)c1. The molecule has 1 N–H and O–H groups in total. The molecule has 2 nitrogen and oxygen atoms in total. The van der Waals surface area contributed by atoms with Gasteiger partial charge in [-0.2, -0.15) is 8.78 Å². The van der Waals surface area contributed by atoms with Crippen LogP contribution in [0.3, 0.4) is 0 Å². The Labute approximate surface area is 91.4 Å². The standard InChI is InChI=1S/C11H12F3NO/c12-8-1-4-10(16-11(13)14)7(5-8)6-15-9-2-3-9/h1,4-5,9,11,15H,2-3,6H2. The molecule has 1 aromatic carbocycles. The normalized spacial score (nSPS) is 15.5. The highest BCUT2D eigenvalue weighted by atomic mass is 19.3. The van der Waals surface area contributed by atoms with Gasteiger partial charge in [0.1, 0.15) is 11.6 Å². The molecular weight excluding hydrogens is 219 g/mol. The molecule has 0 aromatic heterocycles. The van der Waals surface area contributed by atoms with Crippen molar-refractivity contribution in [3.63, 3.8) is 0 Å². The molecule has 1 aliphatic rings. The van der Waals surface area contributed by atoms with Crippen molar-refractivity contribution in [2.24, 2.45) is 0 Å². The molecular formula is C11H12F3NO. The van der Waals surface area contributed by atoms with Crippen LogP contribution in [0.15, 0.2) is 18.2 Å². The van der Waals surface area contributed by atoms with Crippen molar-refractivity contribution in [1.29, 1.82) is 0 Å². The van der Waals surface area contributed by atoms with E-state index in [1.807, 2.05) is 0 Å². The fourth-order valence-corrected chi connectivity index (χ4v) is 1.44. The topological polar surface area (TPSA) is 21.3 Å². The predicted molar refractivity (Wildman–Crippen MR) is 52.9 cm³/mol. The number of ether oxygens (including phenoxy) is 1. The van der Waals surface area contributed by atoms with E-state index in [2.05, 4.69) is 10.1 Å². The van der Waals surface area contributed by atoms with Crippen molar-refractivity contribution < 1.29 is 17.9 Å². The molecule has 0 aliphatic heterocycles. The van der Waals surface area contributed by atoms with Gasteiger partial charge in [-0.3, -0.25) is 0 Å². The fourth-order valence-electron chi connectivity index (χ4n) is 1.44. The minimum absolute atomic E-state index is 0.0320. The molecule has 1 saturated carbocycles. The zero-order valence-corrected chi connectivity index (χ0v) is 8.55. The predicted octanol–water partition coefficient (Wildman–Crippen LogP) is 2.68. The van der Waals surface area contributed by atoms with Crippen LogP contribution < -0.4 is 10.1 Å². The third-order valence-electron chi connectivity index (χ3n) is 2.40. The zero-order chi connectivity index (χ0) is 11.5. The Balaban J connectivity index is 2.07. The molecule has 1 fully saturated rings. The maximum atomic E-state index is 13.0. The molecule has 1 aliphatic carbocycles. The number of benzene rings is 1. The summed E-state index contributed by atoms with van der Waals surface area (Å²) in [4.78, 5) is 0. The summed E-state index contributed by atoms with van der Waals surface area (Å²) >= 11 is 0. The van der Waals surface area contributed by atoms with Crippen molar-refractivity contribution in [3.05, 3.63) is 29.6 Å². The van der Waals surface area contributed by atoms with Crippen molar-refractivity contribution in [2.75, 3.05) is 0 Å². The molecule has 2 rings (SSSR count). The van der Waals surface area contributed by atoms with Crippen molar-refractivity contribution in [1.82, 2.24) is 5.32 Å². The third kappa shape index (κ3) is 3.13. The van der Waals surface area contributed by atoms with E-state index in [-0.39, 0.29) is 5.75 Å². The van der Waals surface area contributed by atoms with Crippen molar-refractivity contribution >= 4 is 0 Å². The van der Waals surface area contributed by atoms with Gasteiger partial charge in [0.2, 0.25) is 0 Å². The van der Waals surface area contributed by atoms with Gasteiger partial charge in [-0.1, -0.05) is 0 Å². The largest absolute Gasteiger partial charge is 0.434 e. The van der Waals surface area contributed by atoms with Gasteiger partial charge in [0, 0.05) is 18.2 Å². The van der Waals surface area contributed by atoms with Crippen LogP contribution in [0.5, 0.6) is 5.75 Å². The van der Waals surface area contributed by atoms with Gasteiger partial charge < -0.3 is 10.1 Å². The van der Waals surface area contributed by atoms with E-state index in [0.29, 0.717) is 18.2 Å². The number of rotatable bonds is 5. The molecule has 16 heavy (non-hydrogen) atoms. The second-order valence-corrected chi connectivity index (χ2v) is 3.79. The molecule has 0 unspecified atom stereocenters. The quantitative estimate of drug-likeness (QED) is 0.841. The van der Waals surface area contributed by atoms with E-state index in [1.165, 1.54) is 12.1 Å². The number of nitrogens with one attached hydrogen (secondary N) is 1. The van der Waals surface area contributed by atoms with Crippen LogP contribution in [0.1, 0.15) is 18.4 Å². The van der Waals surface area contributed by atoms with Crippen LogP contribution in [0, 0.1) is 5.82 Å². The highest BCUT2D eigenvalue weighted by molar-refractivity contribution is 5.34. The Bertz CT molecular complexity index is 366. The molecule has 5 heteroatoms. The van der Waals surface area contributed by atoms with Gasteiger partial charge in [0.25, 0.3) is 0 Å². The Morgan fingerprint density at radius 3 is 2.75 bits per heavy atom. The molecule has 0 bridgehead atoms. The van der Waals surface area contributed by atoms with Gasteiger partial charge >= 0.3 is 6.61 Å². The molecule has 0 radical (unpaired) electrons. The summed E-state index contributed by atoms with van der Waals surface area (Å²) in [5.41, 5.74) is 0.423. The van der Waals surface area contributed by atoms with E-state index in [9.17, 15) is 13.2 Å². The Kier molecular flexibility index (Phi) is 3.33. The average molecular weight is 231 g/mol. The van der Waals surface area contributed by atoms with Gasteiger partial charge in [0.15, 0.2) is 0 Å². The van der Waals surface area contributed by atoms with E-state index in [1.54, 1.807) is 0 Å². The Morgan fingerprint density at radius 2 is 2.12 bits per heavy atom. The molecule has 0 amide bonds. The number of hydrogen-bond donors (Lipinski definition) is 1. The first-order valence-corrected chi connectivity index (χ1v) is 5.12. The van der Waals surface area contributed by atoms with Crippen LogP contribution in [0.2, 0.25) is 0 Å². The first-order chi connectivity index (χ1) is 7.65. The maximum absolute atomic E-state index is 13.0. The lowest BCUT2D eigenvalue weighted by atomic mass is 10.2. The average Bonchev–Trinajstić information content (AvgIpc) is 3.01. The summed E-state index contributed by atoms with van der Waals surface area (Å²) in [5.74, 6) is -0.418. The van der Waals surface area contributed by atoms with Crippen molar-refractivity contribution in [3.8, 4) is 5.75 Å². The number of hydrogen-bond acceptors (Lipinski definition) is 2. The molecule has 0 atom stereocenters. The van der Waals surface area contributed by atoms with Crippen LogP contribution in [-0.4, -0.2) is 12.7 Å². The van der Waals surface area contributed by atoms with Gasteiger partial charge in [0.05, 0.1) is 0 Å². The summed E-state index contributed by atoms with van der Waals surface area (Å²) in [6.07, 6.45) is 2.17. The lowest BCUT2D eigenvalue weighted by molar-refractivity contribution is -0.0505. The third-order valence-corrected chi connectivity index (χ3v) is 2.40. The summed E-state index contributed by atoms with van der Waals surface area (Å²) in [5, 5.41) is 3.12. The molecule has 0 heterocycles. The summed E-state index contributed by atoms with van der Waals surface area (Å²) in [6.45, 7) is -2.53. The molecule has 0 saturated heterocycles. The van der Waals surface area contributed by atoms with E-state index in [4.69, 9.17) is 0 Å². The number of alkyl halides is 2. The van der Waals surface area contributed by atoms with Gasteiger partial charge in [-0.25, -0.2) is 4.39 Å². The summed E-state index contributed by atoms with van der Waals surface area (Å²) < 4.78 is 41.4. The van der Waals surface area contributed by atoms with Gasteiger partial charge in [-0.15, -0.1) is 0 Å². The molecule has 88 valence electrons. The van der Waals surface area contributed by atoms with Crippen LogP contribution in [-0.2, 0) is 6.54 Å². The summed E-state index contributed by atoms with van der Waals surface area (Å²) in [7, 11) is 0. The second kappa shape index (κ2) is 4.74. The van der Waals surface area contributed by atoms with Crippen molar-refractivity contribution in [2.45, 2.75) is 32.0 Å². The highest BCUT2D eigenvalue weighted by Crippen LogP contribution is 2.24. The van der Waals surface area contributed by atoms with Gasteiger partial charge in [-0.05, 0) is 31.0 Å². The lowest BCUT2D eigenvalue weighted by Gasteiger charge is -2.11. The highest BCUT2D eigenvalue weighted by Gasteiger charge is 2.21. The first-order valence-electron chi connectivity index (χ1n) is 5.12. The Morgan fingerprint density at radius 1 is 1.38 bits per heavy atom. The van der Waals surface area contributed by atoms with E-state index >= 15 is 0 Å². The summed E-state index contributed by atoms with van der Waals surface area (Å²) in [6, 6.07) is 3.99. The first kappa shape index (κ1) is 11.3. The van der Waals surface area contributed by atoms with Crippen LogP contribution in [0.4, 0.5) is 13.2 Å². The smallest absolute Gasteiger partial charge is 0.387 e. The fraction of sp³-hybridized carbons (Fsp3) is 0.455. The molecule has 1 aromatic rings. The van der Waals surface area contributed by atoms with E-state index < -0.39 is 12.4 Å². The second-order valence-electron chi connectivity index (χ2n) is 3.79. The van der Waals surface area contributed by atoms with Crippen LogP contribution >= 0.6 is 0 Å². The van der Waals surface area contributed by atoms with Crippen LogP contribution in [0.25, 0.3) is 0 Å². The number of halogens is 3. The van der Waals surface area contributed by atoms with E-state index in [0.717, 1.165) is 18.9 Å². The minimum Gasteiger partial charge on any atom is -0.434 e.